The minimum absolute atomic E-state index is 0.0646. The number of hydrogen-bond acceptors (Lipinski definition) is 10. The van der Waals surface area contributed by atoms with Crippen molar-refractivity contribution in [3.05, 3.63) is 36.5 Å². The van der Waals surface area contributed by atoms with Gasteiger partial charge in [0.15, 0.2) is 0 Å². The lowest BCUT2D eigenvalue weighted by atomic mass is 9.49. The third kappa shape index (κ3) is 9.60. The Balaban J connectivity index is 0.000000200. The molecule has 0 radical (unpaired) electrons. The van der Waals surface area contributed by atoms with Gasteiger partial charge in [0.05, 0.1) is 5.92 Å². The third-order valence-corrected chi connectivity index (χ3v) is 14.9. The summed E-state index contributed by atoms with van der Waals surface area (Å²) >= 11 is 0. The number of ether oxygens (including phenoxy) is 4. The normalized spacial score (nSPS) is 34.5. The molecule has 22 heteroatoms. The average molecular weight is 971 g/mol. The molecule has 1 saturated heterocycles. The van der Waals surface area contributed by atoms with Gasteiger partial charge in [-0.05, 0) is 115 Å². The summed E-state index contributed by atoms with van der Waals surface area (Å²) < 4.78 is 179. The van der Waals surface area contributed by atoms with Gasteiger partial charge in [-0.3, -0.25) is 4.79 Å². The molecule has 8 rings (SSSR count). The van der Waals surface area contributed by atoms with E-state index in [1.807, 2.05) is 0 Å². The van der Waals surface area contributed by atoms with Gasteiger partial charge in [0.1, 0.15) is 23.9 Å². The lowest BCUT2D eigenvalue weighted by molar-refractivity contribution is -0.405. The first kappa shape index (κ1) is 53.1. The van der Waals surface area contributed by atoms with Gasteiger partial charge in [0, 0.05) is 40.4 Å². The Morgan fingerprint density at radius 3 is 1.41 bits per heavy atom. The Hall–Kier alpha value is -3.82. The summed E-state index contributed by atoms with van der Waals surface area (Å²) in [7, 11) is 0. The van der Waals surface area contributed by atoms with Crippen molar-refractivity contribution in [3.63, 3.8) is 0 Å². The molecule has 66 heavy (non-hydrogen) atoms. The summed E-state index contributed by atoms with van der Waals surface area (Å²) in [4.78, 5) is 46.5. The number of hydrogen-bond donors (Lipinski definition) is 2. The van der Waals surface area contributed by atoms with Gasteiger partial charge < -0.3 is 29.2 Å². The lowest BCUT2D eigenvalue weighted by Gasteiger charge is -2.60. The topological polar surface area (TPSA) is 146 Å². The number of esters is 4. The van der Waals surface area contributed by atoms with Gasteiger partial charge in [-0.2, -0.15) is 52.7 Å². The zero-order valence-electron chi connectivity index (χ0n) is 36.5. The highest BCUT2D eigenvalue weighted by atomic mass is 19.4. The molecule has 7 aliphatic carbocycles. The number of alkyl halides is 12. The van der Waals surface area contributed by atoms with E-state index < -0.39 is 84.7 Å². The van der Waals surface area contributed by atoms with Crippen LogP contribution in [0.2, 0.25) is 0 Å². The molecule has 1 heterocycles. The first-order valence-electron chi connectivity index (χ1n) is 21.6. The van der Waals surface area contributed by atoms with Crippen molar-refractivity contribution >= 4 is 23.9 Å². The van der Waals surface area contributed by atoms with E-state index in [-0.39, 0.29) is 47.6 Å². The minimum Gasteiger partial charge on any atom is -0.459 e. The Morgan fingerprint density at radius 1 is 0.621 bits per heavy atom. The fourth-order valence-electron chi connectivity index (χ4n) is 11.9. The van der Waals surface area contributed by atoms with Gasteiger partial charge in [-0.15, -0.1) is 0 Å². The Kier molecular flexibility index (Phi) is 14.7. The number of halogens is 12. The zero-order valence-corrected chi connectivity index (χ0v) is 36.5. The second-order valence-electron chi connectivity index (χ2n) is 19.3. The predicted octanol–water partition coefficient (Wildman–Crippen LogP) is 9.37. The standard InChI is InChI=1S/C16H16F12O4.C16H24O2.C12H14O4/c1-6(2)10(29)32-9-4-7(11(30,13(17,18)19)14(20,21)22)3-8(5-9)12(31,15(23,24)25)16(26,27)28;1-4-16(18-15(17)10(2)3)13-6-11-5-12(8-13)9-14(16)7-11;1-5(2)11(13)15-9-6-3-7-8(4-6)12(14)16-10(7)9/h7-9,30-31H,1,3-5H2,2H3;11-14H,2,4-9H2,1,3H3;6-10H,1,3-4H2,2H3. The Bertz CT molecular complexity index is 1820. The Morgan fingerprint density at radius 2 is 1.03 bits per heavy atom. The molecule has 0 aromatic carbocycles. The lowest BCUT2D eigenvalue weighted by Crippen LogP contribution is -2.67. The summed E-state index contributed by atoms with van der Waals surface area (Å²) in [6.45, 7) is 16.8. The van der Waals surface area contributed by atoms with Crippen LogP contribution in [0.3, 0.4) is 0 Å². The van der Waals surface area contributed by atoms with Crippen molar-refractivity contribution < 1.29 is 101 Å². The molecular weight excluding hydrogens is 916 g/mol. The molecule has 1 aliphatic heterocycles. The second-order valence-corrected chi connectivity index (χ2v) is 19.3. The molecule has 10 nitrogen and oxygen atoms in total. The molecule has 0 spiro atoms. The summed E-state index contributed by atoms with van der Waals surface area (Å²) in [5.41, 5.74) is -11.3. The molecule has 0 aromatic rings. The van der Waals surface area contributed by atoms with Gasteiger partial charge in [0.25, 0.3) is 11.2 Å². The van der Waals surface area contributed by atoms with E-state index in [1.165, 1.54) is 32.1 Å². The predicted molar refractivity (Wildman–Crippen MR) is 205 cm³/mol. The van der Waals surface area contributed by atoms with Crippen LogP contribution in [-0.4, -0.2) is 93.9 Å². The van der Waals surface area contributed by atoms with Crippen molar-refractivity contribution in [2.75, 3.05) is 0 Å². The SMILES string of the molecule is C=C(C)C(=O)OC1(CC)C2CC3CC(C2)CC1C3.C=C(C)C(=O)OC1C2CC3C(=O)OC1C3C2.C=C(C)C(=O)OC1CC(C(O)(C(F)(F)F)C(F)(F)F)CC(C(O)(C(F)(F)F)C(F)(F)F)C1. The smallest absolute Gasteiger partial charge is 0.426 e. The van der Waals surface area contributed by atoms with E-state index in [0.717, 1.165) is 38.0 Å². The van der Waals surface area contributed by atoms with Crippen molar-refractivity contribution in [3.8, 4) is 0 Å². The number of fused-ring (bicyclic) bond motifs is 1. The molecule has 374 valence electrons. The summed E-state index contributed by atoms with van der Waals surface area (Å²) in [5.74, 6) is -5.27. The number of carbonyl (C=O) groups is 4. The highest BCUT2D eigenvalue weighted by Gasteiger charge is 2.78. The second kappa shape index (κ2) is 18.3. The fraction of sp³-hybridized carbons (Fsp3) is 0.773. The van der Waals surface area contributed by atoms with Crippen molar-refractivity contribution in [2.24, 2.45) is 53.3 Å². The molecule has 2 N–H and O–H groups in total. The van der Waals surface area contributed by atoms with Crippen LogP contribution >= 0.6 is 0 Å². The molecule has 7 atom stereocenters. The first-order chi connectivity index (χ1) is 30.0. The highest BCUT2D eigenvalue weighted by molar-refractivity contribution is 5.88. The summed E-state index contributed by atoms with van der Waals surface area (Å²) in [6, 6.07) is 0. The van der Waals surface area contributed by atoms with Crippen LogP contribution in [0.4, 0.5) is 52.7 Å². The van der Waals surface area contributed by atoms with Crippen molar-refractivity contribution in [1.29, 1.82) is 0 Å². The van der Waals surface area contributed by atoms with E-state index in [9.17, 15) is 82.1 Å². The van der Waals surface area contributed by atoms with Crippen LogP contribution in [0.1, 0.15) is 98.3 Å². The van der Waals surface area contributed by atoms with Gasteiger partial charge in [-0.1, -0.05) is 26.7 Å². The maximum atomic E-state index is 13.2. The summed E-state index contributed by atoms with van der Waals surface area (Å²) in [5, 5.41) is 19.0. The molecule has 7 saturated carbocycles. The maximum absolute atomic E-state index is 13.2. The molecule has 7 unspecified atom stereocenters. The molecule has 8 fully saturated rings. The van der Waals surface area contributed by atoms with Crippen LogP contribution in [0.15, 0.2) is 36.5 Å². The quantitative estimate of drug-likeness (QED) is 0.0993. The fourth-order valence-corrected chi connectivity index (χ4v) is 11.9. The minimum atomic E-state index is -6.59. The number of rotatable bonds is 9. The third-order valence-electron chi connectivity index (χ3n) is 14.9. The van der Waals surface area contributed by atoms with Crippen molar-refractivity contribution in [2.45, 2.75) is 158 Å². The largest absolute Gasteiger partial charge is 0.459 e. The van der Waals surface area contributed by atoms with E-state index in [4.69, 9.17) is 14.2 Å². The van der Waals surface area contributed by atoms with Gasteiger partial charge >= 0.3 is 48.6 Å². The zero-order chi connectivity index (χ0) is 50.1. The number of carbonyl (C=O) groups excluding carboxylic acids is 4. The van der Waals surface area contributed by atoms with Crippen LogP contribution in [-0.2, 0) is 38.1 Å². The Labute approximate surface area is 372 Å². The highest BCUT2D eigenvalue weighted by Crippen LogP contribution is 2.62. The first-order valence-corrected chi connectivity index (χ1v) is 21.6. The van der Waals surface area contributed by atoms with Crippen LogP contribution in [0.5, 0.6) is 0 Å². The number of aliphatic hydroxyl groups is 2. The van der Waals surface area contributed by atoms with Gasteiger partial charge in [-0.25, -0.2) is 14.4 Å². The molecular formula is C44H54F12O10. The molecule has 0 amide bonds. The summed E-state index contributed by atoms with van der Waals surface area (Å²) in [6.07, 6.45) is -25.3. The molecule has 0 aromatic heterocycles. The van der Waals surface area contributed by atoms with Crippen LogP contribution in [0, 0.1) is 53.3 Å². The molecule has 8 aliphatic rings. The average Bonchev–Trinajstić information content (AvgIpc) is 3.82. The van der Waals surface area contributed by atoms with Crippen molar-refractivity contribution in [1.82, 2.24) is 0 Å². The van der Waals surface area contributed by atoms with E-state index in [2.05, 4.69) is 31.4 Å². The van der Waals surface area contributed by atoms with Crippen LogP contribution < -0.4 is 0 Å². The van der Waals surface area contributed by atoms with Crippen LogP contribution in [0.25, 0.3) is 0 Å². The molecule has 6 bridgehead atoms. The maximum Gasteiger partial charge on any atom is 0.426 e. The van der Waals surface area contributed by atoms with E-state index >= 15 is 0 Å². The monoisotopic (exact) mass is 970 g/mol. The van der Waals surface area contributed by atoms with Gasteiger partial charge in [0.2, 0.25) is 0 Å². The van der Waals surface area contributed by atoms with E-state index in [0.29, 0.717) is 28.9 Å². The van der Waals surface area contributed by atoms with E-state index in [1.54, 1.807) is 13.8 Å².